The Morgan fingerprint density at radius 2 is 2.07 bits per heavy atom. The van der Waals surface area contributed by atoms with E-state index in [0.717, 1.165) is 41.1 Å². The number of nitrogens with zero attached hydrogens (tertiary/aromatic N) is 9. The fourth-order valence-electron chi connectivity index (χ4n) is 3.10. The Labute approximate surface area is 159 Å². The predicted octanol–water partition coefficient (Wildman–Crippen LogP) is 1.67. The number of pyridine rings is 1. The lowest BCUT2D eigenvalue weighted by Gasteiger charge is -2.44. The van der Waals surface area contributed by atoms with Gasteiger partial charge in [-0.25, -0.2) is 4.98 Å². The van der Waals surface area contributed by atoms with E-state index < -0.39 is 0 Å². The molecular weight excluding hydrogens is 362 g/mol. The Kier molecular flexibility index (Phi) is 3.71. The Bertz CT molecular complexity index is 1080. The smallest absolute Gasteiger partial charge is 0.205 e. The van der Waals surface area contributed by atoms with Crippen molar-refractivity contribution < 1.29 is 0 Å². The zero-order valence-electron chi connectivity index (χ0n) is 14.9. The topological polar surface area (TPSA) is 88.2 Å². The van der Waals surface area contributed by atoms with E-state index in [1.54, 1.807) is 16.9 Å². The van der Waals surface area contributed by atoms with Crippen molar-refractivity contribution in [2.24, 2.45) is 0 Å². The van der Waals surface area contributed by atoms with E-state index in [9.17, 15) is 0 Å². The predicted molar refractivity (Wildman–Crippen MR) is 103 cm³/mol. The molecule has 4 aromatic heterocycles. The van der Waals surface area contributed by atoms with Crippen molar-refractivity contribution in [3.8, 4) is 11.4 Å². The molecule has 0 aromatic carbocycles. The average Bonchev–Trinajstić information content (AvgIpc) is 3.27. The highest BCUT2D eigenvalue weighted by atomic mass is 32.1. The van der Waals surface area contributed by atoms with E-state index in [2.05, 4.69) is 41.4 Å². The average molecular weight is 379 g/mol. The number of hydrogen-bond acceptors (Lipinski definition) is 9. The molecule has 27 heavy (non-hydrogen) atoms. The minimum absolute atomic E-state index is 0.397. The largest absolute Gasteiger partial charge is 0.351 e. The standard InChI is InChI=1S/C17H17N9S/c1-11-19-17(27-23-11)24(2)13-9-25(10-13)15-6-5-14-20-21-16(26(14)22-15)12-4-3-7-18-8-12/h3-8,13H,9-10H2,1-2H3. The summed E-state index contributed by atoms with van der Waals surface area (Å²) in [5, 5.41) is 14.2. The lowest BCUT2D eigenvalue weighted by Crippen LogP contribution is -2.59. The van der Waals surface area contributed by atoms with Crippen molar-refractivity contribution in [1.29, 1.82) is 0 Å². The van der Waals surface area contributed by atoms with Gasteiger partial charge in [-0.1, -0.05) is 0 Å². The van der Waals surface area contributed by atoms with Gasteiger partial charge in [-0.3, -0.25) is 4.98 Å². The van der Waals surface area contributed by atoms with Crippen molar-refractivity contribution in [2.75, 3.05) is 29.9 Å². The molecule has 0 spiro atoms. The van der Waals surface area contributed by atoms with Gasteiger partial charge >= 0.3 is 0 Å². The molecule has 0 radical (unpaired) electrons. The molecule has 0 atom stereocenters. The van der Waals surface area contributed by atoms with E-state index in [1.165, 1.54) is 11.5 Å². The molecule has 0 aliphatic carbocycles. The first kappa shape index (κ1) is 16.1. The van der Waals surface area contributed by atoms with Gasteiger partial charge in [0.25, 0.3) is 0 Å². The van der Waals surface area contributed by atoms with Crippen LogP contribution in [0, 0.1) is 6.92 Å². The zero-order chi connectivity index (χ0) is 18.4. The molecule has 9 nitrogen and oxygen atoms in total. The van der Waals surface area contributed by atoms with Gasteiger partial charge in [-0.15, -0.1) is 15.3 Å². The van der Waals surface area contributed by atoms with Crippen molar-refractivity contribution in [3.05, 3.63) is 42.5 Å². The first-order valence-electron chi connectivity index (χ1n) is 8.60. The number of rotatable bonds is 4. The summed E-state index contributed by atoms with van der Waals surface area (Å²) in [4.78, 5) is 13.1. The van der Waals surface area contributed by atoms with E-state index in [1.807, 2.05) is 31.2 Å². The molecule has 0 amide bonds. The van der Waals surface area contributed by atoms with Crippen LogP contribution in [0.1, 0.15) is 5.82 Å². The van der Waals surface area contributed by atoms with E-state index in [0.29, 0.717) is 11.9 Å². The summed E-state index contributed by atoms with van der Waals surface area (Å²) >= 11 is 1.44. The van der Waals surface area contributed by atoms with Gasteiger partial charge in [0.1, 0.15) is 11.6 Å². The molecule has 1 aliphatic rings. The number of hydrogen-bond donors (Lipinski definition) is 0. The number of aromatic nitrogens is 7. The number of aryl methyl sites for hydroxylation is 1. The summed E-state index contributed by atoms with van der Waals surface area (Å²) in [6.07, 6.45) is 3.51. The Balaban J connectivity index is 1.37. The van der Waals surface area contributed by atoms with E-state index in [4.69, 9.17) is 5.10 Å². The number of anilines is 2. The number of likely N-dealkylation sites (N-methyl/N-ethyl adjacent to an activating group) is 1. The maximum absolute atomic E-state index is 4.75. The van der Waals surface area contributed by atoms with Gasteiger partial charge in [-0.2, -0.15) is 8.89 Å². The highest BCUT2D eigenvalue weighted by molar-refractivity contribution is 7.09. The molecule has 0 unspecified atom stereocenters. The summed E-state index contributed by atoms with van der Waals surface area (Å²) in [6.45, 7) is 3.69. The molecule has 10 heteroatoms. The summed E-state index contributed by atoms with van der Waals surface area (Å²) in [5.74, 6) is 2.42. The molecule has 1 aliphatic heterocycles. The third kappa shape index (κ3) is 2.78. The van der Waals surface area contributed by atoms with Gasteiger partial charge in [0.15, 0.2) is 11.5 Å². The quantitative estimate of drug-likeness (QED) is 0.529. The van der Waals surface area contributed by atoms with Gasteiger partial charge in [0, 0.05) is 49.6 Å². The molecule has 136 valence electrons. The molecule has 5 heterocycles. The molecule has 0 N–H and O–H groups in total. The maximum Gasteiger partial charge on any atom is 0.205 e. The van der Waals surface area contributed by atoms with E-state index in [-0.39, 0.29) is 0 Å². The molecule has 5 rings (SSSR count). The Hall–Kier alpha value is -3.14. The second kappa shape index (κ2) is 6.23. The minimum atomic E-state index is 0.397. The van der Waals surface area contributed by atoms with Crippen molar-refractivity contribution in [3.63, 3.8) is 0 Å². The van der Waals surface area contributed by atoms with Crippen LogP contribution in [0.2, 0.25) is 0 Å². The molecular formula is C17H17N9S. The van der Waals surface area contributed by atoms with E-state index >= 15 is 0 Å². The van der Waals surface area contributed by atoms with Crippen molar-refractivity contribution in [1.82, 2.24) is 34.2 Å². The monoisotopic (exact) mass is 379 g/mol. The fourth-order valence-corrected chi connectivity index (χ4v) is 3.80. The normalized spacial score (nSPS) is 14.5. The van der Waals surface area contributed by atoms with Crippen LogP contribution in [0.25, 0.3) is 17.0 Å². The van der Waals surface area contributed by atoms with Crippen molar-refractivity contribution >= 4 is 28.1 Å². The van der Waals surface area contributed by atoms with Crippen LogP contribution in [0.3, 0.4) is 0 Å². The fraction of sp³-hybridized carbons (Fsp3) is 0.294. The van der Waals surface area contributed by atoms with Crippen LogP contribution in [-0.4, -0.2) is 60.3 Å². The third-order valence-electron chi connectivity index (χ3n) is 4.72. The lowest BCUT2D eigenvalue weighted by atomic mass is 10.1. The second-order valence-electron chi connectivity index (χ2n) is 6.52. The summed E-state index contributed by atoms with van der Waals surface area (Å²) in [6, 6.07) is 8.17. The van der Waals surface area contributed by atoms with Crippen LogP contribution in [0.15, 0.2) is 36.7 Å². The Morgan fingerprint density at radius 3 is 2.81 bits per heavy atom. The van der Waals surface area contributed by atoms with Crippen LogP contribution in [-0.2, 0) is 0 Å². The van der Waals surface area contributed by atoms with Gasteiger partial charge < -0.3 is 9.80 Å². The first-order chi connectivity index (χ1) is 13.2. The van der Waals surface area contributed by atoms with Gasteiger partial charge in [0.2, 0.25) is 5.13 Å². The molecule has 4 aromatic rings. The highest BCUT2D eigenvalue weighted by Crippen LogP contribution is 2.26. The highest BCUT2D eigenvalue weighted by Gasteiger charge is 2.32. The Morgan fingerprint density at radius 1 is 1.19 bits per heavy atom. The first-order valence-corrected chi connectivity index (χ1v) is 9.37. The van der Waals surface area contributed by atoms with Gasteiger partial charge in [-0.05, 0) is 31.2 Å². The van der Waals surface area contributed by atoms with Crippen molar-refractivity contribution in [2.45, 2.75) is 13.0 Å². The second-order valence-corrected chi connectivity index (χ2v) is 7.25. The number of fused-ring (bicyclic) bond motifs is 1. The molecule has 1 fully saturated rings. The van der Waals surface area contributed by atoms with Crippen LogP contribution in [0.4, 0.5) is 10.9 Å². The zero-order valence-corrected chi connectivity index (χ0v) is 15.7. The van der Waals surface area contributed by atoms with Crippen LogP contribution < -0.4 is 9.80 Å². The molecule has 1 saturated heterocycles. The van der Waals surface area contributed by atoms with Crippen LogP contribution in [0.5, 0.6) is 0 Å². The molecule has 0 bridgehead atoms. The summed E-state index contributed by atoms with van der Waals surface area (Å²) < 4.78 is 6.04. The summed E-state index contributed by atoms with van der Waals surface area (Å²) in [7, 11) is 2.07. The van der Waals surface area contributed by atoms with Gasteiger partial charge in [0.05, 0.1) is 6.04 Å². The maximum atomic E-state index is 4.75. The molecule has 0 saturated carbocycles. The minimum Gasteiger partial charge on any atom is -0.351 e. The summed E-state index contributed by atoms with van der Waals surface area (Å²) in [5.41, 5.74) is 1.61. The lowest BCUT2D eigenvalue weighted by molar-refractivity contribution is 0.489. The third-order valence-corrected chi connectivity index (χ3v) is 5.62. The van der Waals surface area contributed by atoms with Crippen LogP contribution >= 0.6 is 11.5 Å². The SMILES string of the molecule is Cc1nsc(N(C)C2CN(c3ccc4nnc(-c5cccnc5)n4n3)C2)n1.